The first-order chi connectivity index (χ1) is 12.0. The maximum Gasteiger partial charge on any atom is 0.340 e. The zero-order valence-electron chi connectivity index (χ0n) is 14.6. The number of aromatic nitrogens is 1. The van der Waals surface area contributed by atoms with E-state index in [1.165, 1.54) is 19.2 Å². The normalized spacial score (nSPS) is 13.8. The van der Waals surface area contributed by atoms with Crippen LogP contribution in [0.1, 0.15) is 41.4 Å². The molecule has 0 unspecified atom stereocenters. The summed E-state index contributed by atoms with van der Waals surface area (Å²) in [4.78, 5) is 17.3. The Bertz CT molecular complexity index is 788. The molecule has 2 heterocycles. The Labute approximate surface area is 146 Å². The molecule has 0 fully saturated rings. The van der Waals surface area contributed by atoms with Gasteiger partial charge in [-0.15, -0.1) is 0 Å². The van der Waals surface area contributed by atoms with Gasteiger partial charge in [-0.05, 0) is 23.6 Å². The van der Waals surface area contributed by atoms with E-state index in [0.29, 0.717) is 42.4 Å². The van der Waals surface area contributed by atoms with Gasteiger partial charge in [0.05, 0.1) is 31.6 Å². The molecule has 1 N–H and O–H groups in total. The molecule has 3 rings (SSSR count). The van der Waals surface area contributed by atoms with Crippen LogP contribution in [0.3, 0.4) is 0 Å². The van der Waals surface area contributed by atoms with E-state index in [2.05, 4.69) is 10.3 Å². The van der Waals surface area contributed by atoms with Crippen molar-refractivity contribution in [2.75, 3.05) is 25.6 Å². The van der Waals surface area contributed by atoms with Crippen molar-refractivity contribution in [1.29, 1.82) is 0 Å². The maximum atomic E-state index is 13.4. The Morgan fingerprint density at radius 3 is 2.68 bits per heavy atom. The Hall–Kier alpha value is -2.47. The van der Waals surface area contributed by atoms with Gasteiger partial charge in [-0.1, -0.05) is 26.0 Å². The summed E-state index contributed by atoms with van der Waals surface area (Å²) in [6.45, 7) is 5.46. The van der Waals surface area contributed by atoms with E-state index >= 15 is 0 Å². The maximum absolute atomic E-state index is 13.4. The van der Waals surface area contributed by atoms with Crippen LogP contribution in [0.5, 0.6) is 0 Å². The topological polar surface area (TPSA) is 60.5 Å². The number of anilines is 1. The fourth-order valence-electron chi connectivity index (χ4n) is 3.01. The van der Waals surface area contributed by atoms with Gasteiger partial charge < -0.3 is 14.8 Å². The minimum absolute atomic E-state index is 0.0181. The predicted octanol–water partition coefficient (Wildman–Crippen LogP) is 3.74. The third-order valence-electron chi connectivity index (χ3n) is 4.18. The number of hydrogen-bond donors (Lipinski definition) is 1. The fourth-order valence-corrected chi connectivity index (χ4v) is 3.01. The third-order valence-corrected chi connectivity index (χ3v) is 4.18. The number of pyridine rings is 1. The summed E-state index contributed by atoms with van der Waals surface area (Å²) in [5.74, 6) is -0.0673. The van der Waals surface area contributed by atoms with E-state index in [4.69, 9.17) is 9.47 Å². The minimum Gasteiger partial charge on any atom is -0.465 e. The Kier molecular flexibility index (Phi) is 4.99. The van der Waals surface area contributed by atoms with Crippen molar-refractivity contribution in [2.45, 2.75) is 26.4 Å². The highest BCUT2D eigenvalue weighted by atomic mass is 19.1. The highest BCUT2D eigenvalue weighted by Crippen LogP contribution is 2.37. The molecule has 0 atom stereocenters. The Morgan fingerprint density at radius 1 is 1.32 bits per heavy atom. The molecular weight excluding hydrogens is 323 g/mol. The summed E-state index contributed by atoms with van der Waals surface area (Å²) < 4.78 is 24.1. The van der Waals surface area contributed by atoms with E-state index in [1.807, 2.05) is 13.8 Å². The summed E-state index contributed by atoms with van der Waals surface area (Å²) in [5, 5.41) is 3.26. The number of halogens is 1. The lowest BCUT2D eigenvalue weighted by Crippen LogP contribution is -2.16. The van der Waals surface area contributed by atoms with Crippen molar-refractivity contribution < 1.29 is 18.7 Å². The molecule has 1 aromatic heterocycles. The molecule has 2 aromatic rings. The monoisotopic (exact) mass is 344 g/mol. The molecule has 0 saturated heterocycles. The number of methoxy groups -OCH3 is 1. The van der Waals surface area contributed by atoms with Gasteiger partial charge in [0.2, 0.25) is 0 Å². The highest BCUT2D eigenvalue weighted by Gasteiger charge is 2.28. The van der Waals surface area contributed by atoms with Gasteiger partial charge in [-0.3, -0.25) is 0 Å². The number of hydrogen-bond acceptors (Lipinski definition) is 5. The molecule has 1 aliphatic rings. The molecule has 6 heteroatoms. The first-order valence-corrected chi connectivity index (χ1v) is 8.25. The summed E-state index contributed by atoms with van der Waals surface area (Å²) >= 11 is 0. The summed E-state index contributed by atoms with van der Waals surface area (Å²) in [7, 11) is 1.35. The molecule has 1 aromatic carbocycles. The number of rotatable bonds is 3. The first-order valence-electron chi connectivity index (χ1n) is 8.25. The second kappa shape index (κ2) is 7.19. The van der Waals surface area contributed by atoms with Crippen LogP contribution in [-0.2, 0) is 16.1 Å². The first kappa shape index (κ1) is 17.4. The van der Waals surface area contributed by atoms with Crippen LogP contribution in [0.4, 0.5) is 10.2 Å². The van der Waals surface area contributed by atoms with E-state index < -0.39 is 5.97 Å². The van der Waals surface area contributed by atoms with Crippen LogP contribution < -0.4 is 5.32 Å². The molecule has 132 valence electrons. The van der Waals surface area contributed by atoms with Crippen molar-refractivity contribution in [1.82, 2.24) is 4.98 Å². The molecule has 0 bridgehead atoms. The Balaban J connectivity index is 2.35. The van der Waals surface area contributed by atoms with Gasteiger partial charge in [0, 0.05) is 17.7 Å². The van der Waals surface area contributed by atoms with Crippen molar-refractivity contribution in [2.24, 2.45) is 0 Å². The molecule has 0 saturated carbocycles. The van der Waals surface area contributed by atoms with Gasteiger partial charge in [-0.2, -0.15) is 0 Å². The van der Waals surface area contributed by atoms with Crippen molar-refractivity contribution in [3.05, 3.63) is 46.9 Å². The molecule has 0 aliphatic carbocycles. The average molecular weight is 344 g/mol. The van der Waals surface area contributed by atoms with Gasteiger partial charge in [0.1, 0.15) is 11.6 Å². The smallest absolute Gasteiger partial charge is 0.340 e. The van der Waals surface area contributed by atoms with Crippen molar-refractivity contribution in [3.8, 4) is 11.1 Å². The summed E-state index contributed by atoms with van der Waals surface area (Å²) in [5.41, 5.74) is 3.27. The standard InChI is InChI=1S/C19H21FN2O3/c1-11(2)17-16(19(23)24-3)15(12-4-6-13(20)7-5-12)14-10-25-9-8-21-18(14)22-17/h4-7,11H,8-10H2,1-3H3,(H,21,22). The van der Waals surface area contributed by atoms with Gasteiger partial charge >= 0.3 is 5.97 Å². The van der Waals surface area contributed by atoms with Crippen LogP contribution in [0, 0.1) is 5.82 Å². The van der Waals surface area contributed by atoms with E-state index in [-0.39, 0.29) is 11.7 Å². The predicted molar refractivity (Wildman–Crippen MR) is 93.2 cm³/mol. The van der Waals surface area contributed by atoms with Crippen LogP contribution in [0.15, 0.2) is 24.3 Å². The van der Waals surface area contributed by atoms with Gasteiger partial charge in [0.25, 0.3) is 0 Å². The van der Waals surface area contributed by atoms with E-state index in [0.717, 1.165) is 11.1 Å². The molecule has 0 radical (unpaired) electrons. The summed E-state index contributed by atoms with van der Waals surface area (Å²) in [6, 6.07) is 6.07. The molecule has 25 heavy (non-hydrogen) atoms. The van der Waals surface area contributed by atoms with E-state index in [1.54, 1.807) is 12.1 Å². The quantitative estimate of drug-likeness (QED) is 0.860. The lowest BCUT2D eigenvalue weighted by atomic mass is 9.90. The fraction of sp³-hybridized carbons (Fsp3) is 0.368. The second-order valence-electron chi connectivity index (χ2n) is 6.21. The summed E-state index contributed by atoms with van der Waals surface area (Å²) in [6.07, 6.45) is 0. The number of nitrogens with one attached hydrogen (secondary N) is 1. The Morgan fingerprint density at radius 2 is 2.04 bits per heavy atom. The van der Waals surface area contributed by atoms with Crippen molar-refractivity contribution >= 4 is 11.8 Å². The lowest BCUT2D eigenvalue weighted by Gasteiger charge is -2.21. The van der Waals surface area contributed by atoms with Crippen LogP contribution in [0.2, 0.25) is 0 Å². The number of carbonyl (C=O) groups is 1. The number of ether oxygens (including phenoxy) is 2. The van der Waals surface area contributed by atoms with Gasteiger partial charge in [-0.25, -0.2) is 14.2 Å². The lowest BCUT2D eigenvalue weighted by molar-refractivity contribution is 0.0599. The SMILES string of the molecule is COC(=O)c1c(C(C)C)nc2c(c1-c1ccc(F)cc1)COCCN2. The molecule has 0 spiro atoms. The number of fused-ring (bicyclic) bond motifs is 1. The zero-order chi connectivity index (χ0) is 18.0. The zero-order valence-corrected chi connectivity index (χ0v) is 14.6. The van der Waals surface area contributed by atoms with Crippen LogP contribution >= 0.6 is 0 Å². The van der Waals surface area contributed by atoms with Crippen LogP contribution in [0.25, 0.3) is 11.1 Å². The number of esters is 1. The third kappa shape index (κ3) is 3.35. The minimum atomic E-state index is -0.456. The molecular formula is C19H21FN2O3. The van der Waals surface area contributed by atoms with Crippen molar-refractivity contribution in [3.63, 3.8) is 0 Å². The average Bonchev–Trinajstić information content (AvgIpc) is 2.85. The molecule has 0 amide bonds. The second-order valence-corrected chi connectivity index (χ2v) is 6.21. The van der Waals surface area contributed by atoms with Gasteiger partial charge in [0.15, 0.2) is 0 Å². The number of carbonyl (C=O) groups excluding carboxylic acids is 1. The highest BCUT2D eigenvalue weighted by molar-refractivity contribution is 6.00. The number of benzene rings is 1. The molecule has 5 nitrogen and oxygen atoms in total. The van der Waals surface area contributed by atoms with E-state index in [9.17, 15) is 9.18 Å². The largest absolute Gasteiger partial charge is 0.465 e. The molecule has 1 aliphatic heterocycles. The number of nitrogens with zero attached hydrogens (tertiary/aromatic N) is 1. The van der Waals surface area contributed by atoms with Crippen LogP contribution in [-0.4, -0.2) is 31.2 Å².